The van der Waals surface area contributed by atoms with Gasteiger partial charge in [-0.05, 0) is 38.0 Å². The van der Waals surface area contributed by atoms with Crippen LogP contribution in [0.5, 0.6) is 5.75 Å². The Hall–Kier alpha value is -3.73. The summed E-state index contributed by atoms with van der Waals surface area (Å²) in [5.41, 5.74) is 9.68. The zero-order chi connectivity index (χ0) is 21.7. The molecule has 30 heavy (non-hydrogen) atoms. The van der Waals surface area contributed by atoms with E-state index in [4.69, 9.17) is 10.5 Å². The molecule has 0 saturated heterocycles. The van der Waals surface area contributed by atoms with Crippen LogP contribution < -0.4 is 10.5 Å². The molecule has 3 aromatic carbocycles. The Morgan fingerprint density at radius 3 is 1.93 bits per heavy atom. The van der Waals surface area contributed by atoms with Crippen LogP contribution in [-0.4, -0.2) is 23.6 Å². The van der Waals surface area contributed by atoms with Gasteiger partial charge in [0.15, 0.2) is 0 Å². The van der Waals surface area contributed by atoms with Crippen LogP contribution in [0.1, 0.15) is 39.5 Å². The number of amides is 1. The van der Waals surface area contributed by atoms with Gasteiger partial charge >= 0.3 is 5.97 Å². The average molecular weight is 400 g/mol. The van der Waals surface area contributed by atoms with Gasteiger partial charge < -0.3 is 10.5 Å². The minimum absolute atomic E-state index is 0.182. The van der Waals surface area contributed by atoms with Gasteiger partial charge in [-0.25, -0.2) is 4.79 Å². The van der Waals surface area contributed by atoms with Crippen molar-refractivity contribution in [2.24, 2.45) is 10.7 Å². The highest BCUT2D eigenvalue weighted by atomic mass is 16.5. The maximum absolute atomic E-state index is 12.8. The second-order valence-electron chi connectivity index (χ2n) is 7.13. The summed E-state index contributed by atoms with van der Waals surface area (Å²) in [6, 6.07) is 22.0. The van der Waals surface area contributed by atoms with E-state index >= 15 is 0 Å². The number of carbonyl (C=O) groups excluding carboxylic acids is 2. The van der Waals surface area contributed by atoms with Crippen molar-refractivity contribution in [2.45, 2.75) is 26.8 Å². The lowest BCUT2D eigenvalue weighted by atomic mass is 10.0. The molecule has 1 amide bonds. The average Bonchev–Trinajstić information content (AvgIpc) is 2.74. The summed E-state index contributed by atoms with van der Waals surface area (Å²) < 4.78 is 5.58. The maximum atomic E-state index is 12.8. The molecule has 0 aliphatic heterocycles. The zero-order valence-electron chi connectivity index (χ0n) is 17.3. The van der Waals surface area contributed by atoms with Crippen LogP contribution in [-0.2, 0) is 4.79 Å². The van der Waals surface area contributed by atoms with E-state index < -0.39 is 17.9 Å². The predicted octanol–water partition coefficient (Wildman–Crippen LogP) is 4.23. The van der Waals surface area contributed by atoms with Gasteiger partial charge in [-0.3, -0.25) is 9.79 Å². The minimum Gasteiger partial charge on any atom is -0.424 e. The van der Waals surface area contributed by atoms with Crippen LogP contribution in [0.2, 0.25) is 0 Å². The third-order valence-corrected chi connectivity index (χ3v) is 4.65. The Kier molecular flexibility index (Phi) is 6.42. The number of hydrogen-bond donors (Lipinski definition) is 1. The van der Waals surface area contributed by atoms with E-state index in [-0.39, 0.29) is 11.3 Å². The van der Waals surface area contributed by atoms with Crippen LogP contribution in [0.15, 0.2) is 77.8 Å². The molecule has 1 atom stereocenters. The molecule has 5 nitrogen and oxygen atoms in total. The lowest BCUT2D eigenvalue weighted by Gasteiger charge is -2.15. The number of primary amides is 1. The Morgan fingerprint density at radius 2 is 1.43 bits per heavy atom. The van der Waals surface area contributed by atoms with E-state index in [1.165, 1.54) is 0 Å². The second kappa shape index (κ2) is 9.18. The monoisotopic (exact) mass is 400 g/mol. The maximum Gasteiger partial charge on any atom is 0.336 e. The van der Waals surface area contributed by atoms with Crippen LogP contribution in [0, 0.1) is 13.8 Å². The molecular weight excluding hydrogens is 376 g/mol. The number of aliphatic imine (C=N–C) groups is 1. The van der Waals surface area contributed by atoms with Crippen molar-refractivity contribution in [1.82, 2.24) is 0 Å². The fraction of sp³-hybridized carbons (Fsp3) is 0.160. The van der Waals surface area contributed by atoms with Crippen LogP contribution in [0.3, 0.4) is 0 Å². The van der Waals surface area contributed by atoms with Gasteiger partial charge in [0.25, 0.3) is 5.91 Å². The van der Waals surface area contributed by atoms with Crippen molar-refractivity contribution in [3.8, 4) is 5.75 Å². The van der Waals surface area contributed by atoms with Crippen molar-refractivity contribution in [1.29, 1.82) is 0 Å². The summed E-state index contributed by atoms with van der Waals surface area (Å²) in [4.78, 5) is 29.3. The third-order valence-electron chi connectivity index (χ3n) is 4.65. The molecule has 0 bridgehead atoms. The summed E-state index contributed by atoms with van der Waals surface area (Å²) >= 11 is 0. The van der Waals surface area contributed by atoms with E-state index in [9.17, 15) is 9.59 Å². The minimum atomic E-state index is -0.790. The van der Waals surface area contributed by atoms with E-state index in [1.807, 2.05) is 73.7 Å². The normalized spacial score (nSPS) is 11.4. The predicted molar refractivity (Wildman–Crippen MR) is 118 cm³/mol. The fourth-order valence-corrected chi connectivity index (χ4v) is 3.21. The highest BCUT2D eigenvalue weighted by Gasteiger charge is 2.21. The van der Waals surface area contributed by atoms with Crippen LogP contribution >= 0.6 is 0 Å². The van der Waals surface area contributed by atoms with Gasteiger partial charge in [-0.15, -0.1) is 0 Å². The molecule has 0 saturated carbocycles. The van der Waals surface area contributed by atoms with Gasteiger partial charge in [-0.2, -0.15) is 0 Å². The Balaban J connectivity index is 1.95. The molecule has 0 aliphatic rings. The molecule has 0 radical (unpaired) electrons. The summed E-state index contributed by atoms with van der Waals surface area (Å²) in [5, 5.41) is 0. The summed E-state index contributed by atoms with van der Waals surface area (Å²) in [6.45, 7) is 5.29. The number of esters is 1. The molecule has 0 aromatic heterocycles. The molecule has 0 heterocycles. The van der Waals surface area contributed by atoms with E-state index in [0.717, 1.165) is 16.7 Å². The van der Waals surface area contributed by atoms with Gasteiger partial charge in [-0.1, -0.05) is 66.7 Å². The molecule has 0 spiro atoms. The molecule has 152 valence electrons. The molecule has 3 rings (SSSR count). The standard InChI is InChI=1S/C25H24N2O3/c1-16-14-17(2)23(21(15-16)24(26)28)30-25(29)18(3)27-22(19-10-6-4-7-11-19)20-12-8-5-9-13-20/h4-15,18H,1-3H3,(H2,26,28)/t18-/m0/s1. The zero-order valence-corrected chi connectivity index (χ0v) is 17.3. The van der Waals surface area contributed by atoms with Crippen molar-refractivity contribution in [2.75, 3.05) is 0 Å². The quantitative estimate of drug-likeness (QED) is 0.382. The molecule has 0 aliphatic carbocycles. The first kappa shape index (κ1) is 21.0. The van der Waals surface area contributed by atoms with Crippen molar-refractivity contribution in [3.63, 3.8) is 0 Å². The molecule has 0 unspecified atom stereocenters. The van der Waals surface area contributed by atoms with Gasteiger partial charge in [0.1, 0.15) is 11.8 Å². The topological polar surface area (TPSA) is 81.8 Å². The second-order valence-corrected chi connectivity index (χ2v) is 7.13. The van der Waals surface area contributed by atoms with E-state index in [1.54, 1.807) is 19.9 Å². The number of carbonyl (C=O) groups is 2. The Morgan fingerprint density at radius 1 is 0.900 bits per heavy atom. The van der Waals surface area contributed by atoms with Gasteiger partial charge in [0, 0.05) is 11.1 Å². The smallest absolute Gasteiger partial charge is 0.336 e. The fourth-order valence-electron chi connectivity index (χ4n) is 3.21. The lowest BCUT2D eigenvalue weighted by molar-refractivity contribution is -0.135. The molecule has 3 aromatic rings. The van der Waals surface area contributed by atoms with Crippen molar-refractivity contribution < 1.29 is 14.3 Å². The van der Waals surface area contributed by atoms with E-state index in [2.05, 4.69) is 4.99 Å². The number of rotatable bonds is 6. The highest BCUT2D eigenvalue weighted by molar-refractivity contribution is 6.13. The summed E-state index contributed by atoms with van der Waals surface area (Å²) in [5.74, 6) is -1.02. The first-order valence-corrected chi connectivity index (χ1v) is 9.68. The Labute approximate surface area is 176 Å². The van der Waals surface area contributed by atoms with Crippen molar-refractivity contribution in [3.05, 3.63) is 101 Å². The Bertz CT molecular complexity index is 1050. The molecule has 0 fully saturated rings. The SMILES string of the molecule is Cc1cc(C)c(OC(=O)[C@H](C)N=C(c2ccccc2)c2ccccc2)c(C(N)=O)c1. The highest BCUT2D eigenvalue weighted by Crippen LogP contribution is 2.26. The molecule has 5 heteroatoms. The largest absolute Gasteiger partial charge is 0.424 e. The van der Waals surface area contributed by atoms with Crippen LogP contribution in [0.4, 0.5) is 0 Å². The molecule has 2 N–H and O–H groups in total. The number of hydrogen-bond acceptors (Lipinski definition) is 4. The summed E-state index contributed by atoms with van der Waals surface area (Å²) in [6.07, 6.45) is 0. The van der Waals surface area contributed by atoms with E-state index in [0.29, 0.717) is 11.3 Å². The number of benzene rings is 3. The number of nitrogens with zero attached hydrogens (tertiary/aromatic N) is 1. The summed E-state index contributed by atoms with van der Waals surface area (Å²) in [7, 11) is 0. The molecular formula is C25H24N2O3. The number of ether oxygens (including phenoxy) is 1. The van der Waals surface area contributed by atoms with Crippen molar-refractivity contribution >= 4 is 17.6 Å². The number of aryl methyl sites for hydroxylation is 2. The van der Waals surface area contributed by atoms with Gasteiger partial charge in [0.05, 0.1) is 11.3 Å². The first-order chi connectivity index (χ1) is 14.4. The lowest BCUT2D eigenvalue weighted by Crippen LogP contribution is -2.25. The van der Waals surface area contributed by atoms with Gasteiger partial charge in [0.2, 0.25) is 0 Å². The number of nitrogens with two attached hydrogens (primary N) is 1. The first-order valence-electron chi connectivity index (χ1n) is 9.68. The third kappa shape index (κ3) is 4.81. The van der Waals surface area contributed by atoms with Crippen LogP contribution in [0.25, 0.3) is 0 Å².